The minimum atomic E-state index is -0.418. The summed E-state index contributed by atoms with van der Waals surface area (Å²) in [7, 11) is 0. The number of esters is 1. The van der Waals surface area contributed by atoms with Gasteiger partial charge in [0, 0.05) is 6.20 Å². The first-order valence-electron chi connectivity index (χ1n) is 7.32. The molecule has 0 saturated heterocycles. The van der Waals surface area contributed by atoms with Crippen LogP contribution in [0, 0.1) is 20.8 Å². The minimum absolute atomic E-state index is 0.418. The highest BCUT2D eigenvalue weighted by atomic mass is 16.5. The van der Waals surface area contributed by atoms with Gasteiger partial charge in [-0.25, -0.2) is 14.5 Å². The Morgan fingerprint density at radius 3 is 2.65 bits per heavy atom. The summed E-state index contributed by atoms with van der Waals surface area (Å²) in [6.45, 7) is 5.74. The number of benzene rings is 1. The van der Waals surface area contributed by atoms with E-state index in [1.807, 2.05) is 51.1 Å². The summed E-state index contributed by atoms with van der Waals surface area (Å²) >= 11 is 0. The van der Waals surface area contributed by atoms with Crippen molar-refractivity contribution < 1.29 is 9.53 Å². The monoisotopic (exact) mass is 307 g/mol. The summed E-state index contributed by atoms with van der Waals surface area (Å²) in [6.07, 6.45) is 3.20. The third kappa shape index (κ3) is 2.85. The van der Waals surface area contributed by atoms with Crippen molar-refractivity contribution in [1.29, 1.82) is 0 Å². The van der Waals surface area contributed by atoms with Crippen molar-refractivity contribution in [3.63, 3.8) is 0 Å². The molecule has 0 spiro atoms. The predicted octanol–water partition coefficient (Wildman–Crippen LogP) is 3.41. The first kappa shape index (κ1) is 15.0. The van der Waals surface area contributed by atoms with Crippen molar-refractivity contribution in [3.05, 3.63) is 71.2 Å². The topological polar surface area (TPSA) is 57.0 Å². The van der Waals surface area contributed by atoms with Gasteiger partial charge < -0.3 is 4.74 Å². The molecule has 0 aliphatic heterocycles. The Morgan fingerprint density at radius 1 is 1.09 bits per heavy atom. The molecule has 0 amide bonds. The lowest BCUT2D eigenvalue weighted by Crippen LogP contribution is -2.11. The second-order valence-corrected chi connectivity index (χ2v) is 5.33. The summed E-state index contributed by atoms with van der Waals surface area (Å²) in [6, 6.07) is 11.2. The van der Waals surface area contributed by atoms with Crippen molar-refractivity contribution in [2.45, 2.75) is 20.8 Å². The van der Waals surface area contributed by atoms with E-state index in [0.29, 0.717) is 22.8 Å². The van der Waals surface area contributed by atoms with Crippen LogP contribution in [-0.2, 0) is 0 Å². The molecule has 2 aromatic heterocycles. The molecule has 116 valence electrons. The second-order valence-electron chi connectivity index (χ2n) is 5.33. The standard InChI is InChI=1S/C18H17N3O2/c1-12-7-6-8-16(13(12)2)23-18(22)15-11-20-21(14(15)3)17-9-4-5-10-19-17/h4-11H,1-3H3. The zero-order valence-corrected chi connectivity index (χ0v) is 13.3. The molecule has 0 aliphatic rings. The molecule has 23 heavy (non-hydrogen) atoms. The van der Waals surface area contributed by atoms with Crippen molar-refractivity contribution in [2.75, 3.05) is 0 Å². The van der Waals surface area contributed by atoms with Crippen molar-refractivity contribution >= 4 is 5.97 Å². The molecule has 1 aromatic carbocycles. The van der Waals surface area contributed by atoms with E-state index in [-0.39, 0.29) is 0 Å². The zero-order chi connectivity index (χ0) is 16.4. The number of hydrogen-bond acceptors (Lipinski definition) is 4. The third-order valence-electron chi connectivity index (χ3n) is 3.85. The Hall–Kier alpha value is -2.95. The summed E-state index contributed by atoms with van der Waals surface area (Å²) in [5.41, 5.74) is 3.15. The van der Waals surface area contributed by atoms with Gasteiger partial charge in [-0.1, -0.05) is 18.2 Å². The Labute approximate surface area is 134 Å². The van der Waals surface area contributed by atoms with Crippen LogP contribution in [0.15, 0.2) is 48.8 Å². The van der Waals surface area contributed by atoms with Crippen molar-refractivity contribution in [2.24, 2.45) is 0 Å². The molecule has 0 fully saturated rings. The molecule has 2 heterocycles. The lowest BCUT2D eigenvalue weighted by Gasteiger charge is -2.09. The van der Waals surface area contributed by atoms with E-state index in [2.05, 4.69) is 10.1 Å². The molecular weight excluding hydrogens is 290 g/mol. The average Bonchev–Trinajstić information content (AvgIpc) is 2.94. The molecule has 5 heteroatoms. The maximum atomic E-state index is 12.4. The van der Waals surface area contributed by atoms with E-state index >= 15 is 0 Å². The van der Waals surface area contributed by atoms with Crippen LogP contribution in [0.3, 0.4) is 0 Å². The number of ether oxygens (including phenoxy) is 1. The summed E-state index contributed by atoms with van der Waals surface area (Å²) < 4.78 is 7.15. The first-order chi connectivity index (χ1) is 11.1. The number of carbonyl (C=O) groups excluding carboxylic acids is 1. The maximum Gasteiger partial charge on any atom is 0.347 e. The number of hydrogen-bond donors (Lipinski definition) is 0. The molecule has 0 aliphatic carbocycles. The highest BCUT2D eigenvalue weighted by Crippen LogP contribution is 2.22. The van der Waals surface area contributed by atoms with Crippen LogP contribution in [0.4, 0.5) is 0 Å². The number of rotatable bonds is 3. The van der Waals surface area contributed by atoms with Crippen LogP contribution in [0.25, 0.3) is 5.82 Å². The highest BCUT2D eigenvalue weighted by molar-refractivity contribution is 5.92. The van der Waals surface area contributed by atoms with Gasteiger partial charge in [-0.3, -0.25) is 0 Å². The third-order valence-corrected chi connectivity index (χ3v) is 3.85. The molecule has 0 saturated carbocycles. The number of aromatic nitrogens is 3. The molecular formula is C18H17N3O2. The molecule has 0 N–H and O–H groups in total. The molecule has 0 radical (unpaired) electrons. The fraction of sp³-hybridized carbons (Fsp3) is 0.167. The molecule has 0 unspecified atom stereocenters. The van der Waals surface area contributed by atoms with Crippen LogP contribution in [0.2, 0.25) is 0 Å². The van der Waals surface area contributed by atoms with Gasteiger partial charge >= 0.3 is 5.97 Å². The average molecular weight is 307 g/mol. The molecule has 3 aromatic rings. The fourth-order valence-corrected chi connectivity index (χ4v) is 2.31. The number of pyridine rings is 1. The molecule has 3 rings (SSSR count). The van der Waals surface area contributed by atoms with E-state index in [4.69, 9.17) is 4.74 Å². The predicted molar refractivity (Wildman–Crippen MR) is 87.0 cm³/mol. The zero-order valence-electron chi connectivity index (χ0n) is 13.3. The van der Waals surface area contributed by atoms with Crippen LogP contribution >= 0.6 is 0 Å². The molecule has 0 atom stereocenters. The smallest absolute Gasteiger partial charge is 0.347 e. The van der Waals surface area contributed by atoms with Crippen LogP contribution in [0.5, 0.6) is 5.75 Å². The van der Waals surface area contributed by atoms with Crippen LogP contribution in [0.1, 0.15) is 27.2 Å². The Morgan fingerprint density at radius 2 is 1.91 bits per heavy atom. The number of aryl methyl sites for hydroxylation is 1. The van der Waals surface area contributed by atoms with Gasteiger partial charge in [0.05, 0.1) is 11.9 Å². The van der Waals surface area contributed by atoms with Gasteiger partial charge in [0.25, 0.3) is 0 Å². The Kier molecular flexibility index (Phi) is 3.93. The largest absolute Gasteiger partial charge is 0.423 e. The van der Waals surface area contributed by atoms with E-state index in [1.165, 1.54) is 6.20 Å². The fourth-order valence-electron chi connectivity index (χ4n) is 2.31. The Bertz CT molecular complexity index is 854. The van der Waals surface area contributed by atoms with Gasteiger partial charge in [-0.15, -0.1) is 0 Å². The van der Waals surface area contributed by atoms with Crippen LogP contribution in [-0.4, -0.2) is 20.7 Å². The van der Waals surface area contributed by atoms with Gasteiger partial charge in [-0.05, 0) is 50.1 Å². The van der Waals surface area contributed by atoms with Crippen molar-refractivity contribution in [1.82, 2.24) is 14.8 Å². The highest BCUT2D eigenvalue weighted by Gasteiger charge is 2.18. The van der Waals surface area contributed by atoms with Crippen molar-refractivity contribution in [3.8, 4) is 11.6 Å². The lowest BCUT2D eigenvalue weighted by atomic mass is 10.1. The van der Waals surface area contributed by atoms with Gasteiger partial charge in [0.1, 0.15) is 11.3 Å². The Balaban J connectivity index is 1.89. The normalized spacial score (nSPS) is 10.6. The number of nitrogens with zero attached hydrogens (tertiary/aromatic N) is 3. The van der Waals surface area contributed by atoms with Gasteiger partial charge in [0.2, 0.25) is 0 Å². The maximum absolute atomic E-state index is 12.4. The second kappa shape index (κ2) is 6.04. The SMILES string of the molecule is Cc1cccc(OC(=O)c2cnn(-c3ccccn3)c2C)c1C. The van der Waals surface area contributed by atoms with Crippen LogP contribution < -0.4 is 4.74 Å². The molecule has 5 nitrogen and oxygen atoms in total. The van der Waals surface area contributed by atoms with Gasteiger partial charge in [-0.2, -0.15) is 5.10 Å². The lowest BCUT2D eigenvalue weighted by molar-refractivity contribution is 0.0732. The summed E-state index contributed by atoms with van der Waals surface area (Å²) in [5, 5.41) is 4.24. The van der Waals surface area contributed by atoms with E-state index in [9.17, 15) is 4.79 Å². The minimum Gasteiger partial charge on any atom is -0.423 e. The van der Waals surface area contributed by atoms with E-state index < -0.39 is 5.97 Å². The van der Waals surface area contributed by atoms with Gasteiger partial charge in [0.15, 0.2) is 5.82 Å². The first-order valence-corrected chi connectivity index (χ1v) is 7.32. The van der Waals surface area contributed by atoms with E-state index in [0.717, 1.165) is 11.1 Å². The quantitative estimate of drug-likeness (QED) is 0.549. The summed E-state index contributed by atoms with van der Waals surface area (Å²) in [5.74, 6) is 0.814. The van der Waals surface area contributed by atoms with E-state index in [1.54, 1.807) is 16.9 Å². The molecule has 0 bridgehead atoms. The number of carbonyl (C=O) groups is 1. The summed E-state index contributed by atoms with van der Waals surface area (Å²) in [4.78, 5) is 16.7.